The van der Waals surface area contributed by atoms with E-state index in [0.29, 0.717) is 10.9 Å². The highest BCUT2D eigenvalue weighted by molar-refractivity contribution is 6.31. The molecule has 3 heteroatoms. The van der Waals surface area contributed by atoms with Gasteiger partial charge in [-0.15, -0.1) is 11.6 Å². The van der Waals surface area contributed by atoms with Gasteiger partial charge in [-0.1, -0.05) is 25.4 Å². The van der Waals surface area contributed by atoms with Gasteiger partial charge in [0.25, 0.3) is 0 Å². The van der Waals surface area contributed by atoms with Gasteiger partial charge < -0.3 is 0 Å². The molecule has 0 bridgehead atoms. The second-order valence-corrected chi connectivity index (χ2v) is 4.93. The van der Waals surface area contributed by atoms with Gasteiger partial charge in [0.05, 0.1) is 0 Å². The molecule has 0 aliphatic rings. The van der Waals surface area contributed by atoms with Crippen molar-refractivity contribution in [1.29, 1.82) is 0 Å². The Bertz CT molecular complexity index is 338. The molecule has 1 aromatic carbocycles. The smallest absolute Gasteiger partial charge is 0.123 e. The van der Waals surface area contributed by atoms with Crippen LogP contribution in [-0.2, 0) is 6.42 Å². The molecule has 0 aliphatic carbocycles. The Kier molecular flexibility index (Phi) is 5.07. The van der Waals surface area contributed by atoms with Gasteiger partial charge in [-0.25, -0.2) is 4.39 Å². The van der Waals surface area contributed by atoms with Crippen molar-refractivity contribution in [2.24, 2.45) is 5.41 Å². The van der Waals surface area contributed by atoms with Crippen molar-refractivity contribution in [3.05, 3.63) is 34.6 Å². The van der Waals surface area contributed by atoms with E-state index in [4.69, 9.17) is 23.2 Å². The van der Waals surface area contributed by atoms with Crippen LogP contribution in [0.1, 0.15) is 32.3 Å². The van der Waals surface area contributed by atoms with E-state index in [1.807, 2.05) is 0 Å². The lowest BCUT2D eigenvalue weighted by atomic mass is 9.79. The topological polar surface area (TPSA) is 0 Å². The molecule has 0 fully saturated rings. The second kappa shape index (κ2) is 5.88. The van der Waals surface area contributed by atoms with Gasteiger partial charge >= 0.3 is 0 Å². The van der Waals surface area contributed by atoms with Crippen LogP contribution >= 0.6 is 23.2 Å². The largest absolute Gasteiger partial charge is 0.207 e. The summed E-state index contributed by atoms with van der Waals surface area (Å²) in [5.41, 5.74) is 0.880. The minimum absolute atomic E-state index is 0.0268. The first-order valence-electron chi connectivity index (χ1n) is 5.57. The fourth-order valence-electron chi connectivity index (χ4n) is 1.82. The van der Waals surface area contributed by atoms with E-state index < -0.39 is 0 Å². The summed E-state index contributed by atoms with van der Waals surface area (Å²) in [7, 11) is 0. The van der Waals surface area contributed by atoms with Crippen molar-refractivity contribution in [3.63, 3.8) is 0 Å². The monoisotopic (exact) mass is 262 g/mol. The molecular weight excluding hydrogens is 246 g/mol. The van der Waals surface area contributed by atoms with Gasteiger partial charge in [0.2, 0.25) is 0 Å². The molecule has 0 aromatic heterocycles. The summed E-state index contributed by atoms with van der Waals surface area (Å²) in [4.78, 5) is 0. The van der Waals surface area contributed by atoms with Crippen molar-refractivity contribution in [3.8, 4) is 0 Å². The predicted molar refractivity (Wildman–Crippen MR) is 68.8 cm³/mol. The maximum absolute atomic E-state index is 13.1. The van der Waals surface area contributed by atoms with Crippen molar-refractivity contribution < 1.29 is 4.39 Å². The molecule has 0 amide bonds. The van der Waals surface area contributed by atoms with Crippen LogP contribution in [0, 0.1) is 11.2 Å². The highest BCUT2D eigenvalue weighted by Crippen LogP contribution is 2.34. The first-order valence-corrected chi connectivity index (χ1v) is 6.48. The van der Waals surface area contributed by atoms with Gasteiger partial charge in [0, 0.05) is 10.9 Å². The summed E-state index contributed by atoms with van der Waals surface area (Å²) < 4.78 is 13.1. The third-order valence-electron chi connectivity index (χ3n) is 3.36. The van der Waals surface area contributed by atoms with Gasteiger partial charge in [-0.2, -0.15) is 0 Å². The zero-order valence-corrected chi connectivity index (χ0v) is 11.2. The number of hydrogen-bond acceptors (Lipinski definition) is 0. The van der Waals surface area contributed by atoms with Crippen LogP contribution in [0.5, 0.6) is 0 Å². The SMILES string of the molecule is CCC(CC)(CCl)Cc1cc(F)ccc1Cl. The van der Waals surface area contributed by atoms with E-state index >= 15 is 0 Å². The Morgan fingerprint density at radius 1 is 1.25 bits per heavy atom. The number of rotatable bonds is 5. The van der Waals surface area contributed by atoms with Crippen LogP contribution in [0.25, 0.3) is 0 Å². The molecule has 0 spiro atoms. The molecule has 0 atom stereocenters. The Labute approximate surface area is 107 Å². The molecule has 90 valence electrons. The second-order valence-electron chi connectivity index (χ2n) is 4.25. The molecule has 0 nitrogen and oxygen atoms in total. The number of halogens is 3. The third kappa shape index (κ3) is 3.11. The Morgan fingerprint density at radius 3 is 2.38 bits per heavy atom. The molecule has 0 heterocycles. The number of benzene rings is 1. The Morgan fingerprint density at radius 2 is 1.88 bits per heavy atom. The Balaban J connectivity index is 2.97. The van der Waals surface area contributed by atoms with Gasteiger partial charge in [-0.05, 0) is 48.4 Å². The molecule has 0 radical (unpaired) electrons. The van der Waals surface area contributed by atoms with Gasteiger partial charge in [-0.3, -0.25) is 0 Å². The molecule has 16 heavy (non-hydrogen) atoms. The lowest BCUT2D eigenvalue weighted by molar-refractivity contribution is 0.301. The van der Waals surface area contributed by atoms with Crippen molar-refractivity contribution in [2.45, 2.75) is 33.1 Å². The maximum atomic E-state index is 13.1. The molecule has 0 saturated carbocycles. The van der Waals surface area contributed by atoms with Crippen LogP contribution in [-0.4, -0.2) is 5.88 Å². The minimum atomic E-state index is -0.241. The highest BCUT2D eigenvalue weighted by atomic mass is 35.5. The summed E-state index contributed by atoms with van der Waals surface area (Å²) in [5, 5.41) is 0.623. The van der Waals surface area contributed by atoms with Gasteiger partial charge in [0.1, 0.15) is 5.82 Å². The lowest BCUT2D eigenvalue weighted by Crippen LogP contribution is -2.24. The average Bonchev–Trinajstić information content (AvgIpc) is 2.31. The lowest BCUT2D eigenvalue weighted by Gasteiger charge is -2.29. The molecular formula is C13H17Cl2F. The van der Waals surface area contributed by atoms with E-state index in [1.54, 1.807) is 6.07 Å². The van der Waals surface area contributed by atoms with Crippen molar-refractivity contribution >= 4 is 23.2 Å². The quantitative estimate of drug-likeness (QED) is 0.651. The van der Waals surface area contributed by atoms with Crippen LogP contribution in [0.15, 0.2) is 18.2 Å². The number of hydrogen-bond donors (Lipinski definition) is 0. The zero-order valence-electron chi connectivity index (χ0n) is 9.69. The van der Waals surface area contributed by atoms with Crippen molar-refractivity contribution in [2.75, 3.05) is 5.88 Å². The summed E-state index contributed by atoms with van der Waals surface area (Å²) in [6.45, 7) is 4.22. The fourth-order valence-corrected chi connectivity index (χ4v) is 2.48. The van der Waals surface area contributed by atoms with E-state index in [2.05, 4.69) is 13.8 Å². The molecule has 0 N–H and O–H groups in total. The molecule has 0 saturated heterocycles. The van der Waals surface area contributed by atoms with E-state index in [1.165, 1.54) is 12.1 Å². The first-order chi connectivity index (χ1) is 7.56. The van der Waals surface area contributed by atoms with E-state index in [-0.39, 0.29) is 11.2 Å². The van der Waals surface area contributed by atoms with E-state index in [9.17, 15) is 4.39 Å². The predicted octanol–water partition coefficient (Wildman–Crippen LogP) is 5.07. The van der Waals surface area contributed by atoms with Crippen LogP contribution < -0.4 is 0 Å². The van der Waals surface area contributed by atoms with Gasteiger partial charge in [0.15, 0.2) is 0 Å². The van der Waals surface area contributed by atoms with E-state index in [0.717, 1.165) is 24.8 Å². The normalized spacial score (nSPS) is 11.8. The summed E-state index contributed by atoms with van der Waals surface area (Å²) in [5.74, 6) is 0.336. The highest BCUT2D eigenvalue weighted by Gasteiger charge is 2.26. The van der Waals surface area contributed by atoms with Crippen LogP contribution in [0.4, 0.5) is 4.39 Å². The first kappa shape index (κ1) is 13.8. The summed E-state index contributed by atoms with van der Waals surface area (Å²) in [6.07, 6.45) is 2.68. The third-order valence-corrected chi connectivity index (χ3v) is 4.29. The molecule has 0 aliphatic heterocycles. The zero-order chi connectivity index (χ0) is 12.2. The van der Waals surface area contributed by atoms with Crippen LogP contribution in [0.3, 0.4) is 0 Å². The maximum Gasteiger partial charge on any atom is 0.123 e. The Hall–Kier alpha value is -0.270. The summed E-state index contributed by atoms with van der Waals surface area (Å²) >= 11 is 12.1. The average molecular weight is 263 g/mol. The number of alkyl halides is 1. The molecule has 1 aromatic rings. The van der Waals surface area contributed by atoms with Crippen LogP contribution in [0.2, 0.25) is 5.02 Å². The molecule has 1 rings (SSSR count). The molecule has 0 unspecified atom stereocenters. The standard InChI is InChI=1S/C13H17Cl2F/c1-3-13(4-2,9-14)8-10-7-11(16)5-6-12(10)15/h5-7H,3-4,8-9H2,1-2H3. The summed E-state index contributed by atoms with van der Waals surface area (Å²) in [6, 6.07) is 4.50. The fraction of sp³-hybridized carbons (Fsp3) is 0.538. The van der Waals surface area contributed by atoms with Crippen molar-refractivity contribution in [1.82, 2.24) is 0 Å². The minimum Gasteiger partial charge on any atom is -0.207 e.